The van der Waals surface area contributed by atoms with Crippen molar-refractivity contribution in [3.63, 3.8) is 0 Å². The Labute approximate surface area is 199 Å². The van der Waals surface area contributed by atoms with E-state index >= 15 is 0 Å². The van der Waals surface area contributed by atoms with E-state index in [1.807, 2.05) is 19.1 Å². The van der Waals surface area contributed by atoms with E-state index in [2.05, 4.69) is 46.1 Å². The quantitative estimate of drug-likeness (QED) is 0.305. The fourth-order valence-electron chi connectivity index (χ4n) is 3.14. The van der Waals surface area contributed by atoms with Crippen LogP contribution in [0.5, 0.6) is 11.5 Å². The molecule has 1 N–H and O–H groups in total. The van der Waals surface area contributed by atoms with Crippen LogP contribution < -0.4 is 14.8 Å². The first-order chi connectivity index (χ1) is 14.5. The molecule has 0 unspecified atom stereocenters. The second-order valence-electron chi connectivity index (χ2n) is 6.88. The molecule has 0 aliphatic carbocycles. The van der Waals surface area contributed by atoms with Crippen molar-refractivity contribution in [2.75, 3.05) is 32.8 Å². The highest BCUT2D eigenvalue weighted by Crippen LogP contribution is 2.38. The predicted molar refractivity (Wildman–Crippen MR) is 130 cm³/mol. The van der Waals surface area contributed by atoms with Crippen LogP contribution in [0.3, 0.4) is 0 Å². The van der Waals surface area contributed by atoms with E-state index < -0.39 is 0 Å². The Balaban J connectivity index is 2.01. The number of halogens is 3. The number of nitrogens with one attached hydrogen (secondary N) is 1. The van der Waals surface area contributed by atoms with Crippen LogP contribution in [0.2, 0.25) is 10.0 Å². The van der Waals surface area contributed by atoms with Crippen molar-refractivity contribution < 1.29 is 9.47 Å². The summed E-state index contributed by atoms with van der Waals surface area (Å²) in [5.41, 5.74) is 1.89. The highest BCUT2D eigenvalue weighted by Gasteiger charge is 2.14. The zero-order valence-electron chi connectivity index (χ0n) is 17.9. The van der Waals surface area contributed by atoms with E-state index in [-0.39, 0.29) is 6.61 Å². The molecular formula is C23H31BrCl2N2O2. The van der Waals surface area contributed by atoms with Gasteiger partial charge in [-0.05, 0) is 85.3 Å². The highest BCUT2D eigenvalue weighted by atomic mass is 79.9. The minimum atomic E-state index is 0.264. The van der Waals surface area contributed by atoms with Gasteiger partial charge < -0.3 is 19.7 Å². The molecular weight excluding hydrogens is 487 g/mol. The predicted octanol–water partition coefficient (Wildman–Crippen LogP) is 6.56. The largest absolute Gasteiger partial charge is 0.490 e. The Kier molecular flexibility index (Phi) is 11.3. The Bertz CT molecular complexity index is 781. The maximum atomic E-state index is 6.26. The minimum Gasteiger partial charge on any atom is -0.490 e. The third-order valence-corrected chi connectivity index (χ3v) is 6.14. The third kappa shape index (κ3) is 7.61. The van der Waals surface area contributed by atoms with E-state index in [0.29, 0.717) is 28.2 Å². The fraction of sp³-hybridized carbons (Fsp3) is 0.478. The molecule has 0 radical (unpaired) electrons. The molecule has 7 heteroatoms. The highest BCUT2D eigenvalue weighted by molar-refractivity contribution is 9.10. The zero-order valence-corrected chi connectivity index (χ0v) is 21.0. The molecule has 0 atom stereocenters. The average molecular weight is 518 g/mol. The SMILES string of the molecule is CCOc1cc(CNCCCN(CC)CC)cc(Br)c1OCc1c(Cl)cccc1Cl. The first kappa shape index (κ1) is 25.3. The summed E-state index contributed by atoms with van der Waals surface area (Å²) in [5.74, 6) is 1.35. The number of rotatable bonds is 13. The van der Waals surface area contributed by atoms with Crippen LogP contribution in [0, 0.1) is 0 Å². The molecule has 30 heavy (non-hydrogen) atoms. The maximum absolute atomic E-state index is 6.26. The summed E-state index contributed by atoms with van der Waals surface area (Å²) >= 11 is 16.2. The van der Waals surface area contributed by atoms with Crippen LogP contribution in [0.4, 0.5) is 0 Å². The van der Waals surface area contributed by atoms with Crippen LogP contribution in [-0.2, 0) is 13.2 Å². The topological polar surface area (TPSA) is 33.7 Å². The van der Waals surface area contributed by atoms with Crippen LogP contribution >= 0.6 is 39.1 Å². The summed E-state index contributed by atoms with van der Waals surface area (Å²) < 4.78 is 12.7. The van der Waals surface area contributed by atoms with Crippen molar-refractivity contribution in [3.05, 3.63) is 56.0 Å². The second kappa shape index (κ2) is 13.4. The normalized spacial score (nSPS) is 11.2. The van der Waals surface area contributed by atoms with Crippen LogP contribution in [0.25, 0.3) is 0 Å². The number of benzene rings is 2. The molecule has 0 aliphatic heterocycles. The molecule has 0 spiro atoms. The molecule has 0 amide bonds. The Hall–Kier alpha value is -0.980. The molecule has 0 saturated heterocycles. The van der Waals surface area contributed by atoms with Crippen LogP contribution in [-0.4, -0.2) is 37.7 Å². The molecule has 0 saturated carbocycles. The van der Waals surface area contributed by atoms with Gasteiger partial charge in [0.2, 0.25) is 0 Å². The number of hydrogen-bond acceptors (Lipinski definition) is 4. The van der Waals surface area contributed by atoms with Crippen LogP contribution in [0.1, 0.15) is 38.3 Å². The van der Waals surface area contributed by atoms with Gasteiger partial charge in [-0.1, -0.05) is 43.1 Å². The molecule has 2 rings (SSSR count). The van der Waals surface area contributed by atoms with Crippen LogP contribution in [0.15, 0.2) is 34.8 Å². The van der Waals surface area contributed by atoms with E-state index in [0.717, 1.165) is 54.7 Å². The Morgan fingerprint density at radius 2 is 1.73 bits per heavy atom. The molecule has 2 aromatic rings. The monoisotopic (exact) mass is 516 g/mol. The van der Waals surface area contributed by atoms with Gasteiger partial charge in [0.05, 0.1) is 11.1 Å². The van der Waals surface area contributed by atoms with Crippen molar-refractivity contribution in [3.8, 4) is 11.5 Å². The van der Waals surface area contributed by atoms with Gasteiger partial charge in [0.25, 0.3) is 0 Å². The molecule has 4 nitrogen and oxygen atoms in total. The number of hydrogen-bond donors (Lipinski definition) is 1. The van der Waals surface area contributed by atoms with Gasteiger partial charge in [-0.25, -0.2) is 0 Å². The number of nitrogens with zero attached hydrogens (tertiary/aromatic N) is 1. The molecule has 0 aromatic heterocycles. The van der Waals surface area contributed by atoms with Crippen molar-refractivity contribution >= 4 is 39.1 Å². The molecule has 0 aliphatic rings. The van der Waals surface area contributed by atoms with Gasteiger partial charge in [0.15, 0.2) is 11.5 Å². The summed E-state index contributed by atoms with van der Waals surface area (Å²) in [6, 6.07) is 9.51. The van der Waals surface area contributed by atoms with E-state index in [4.69, 9.17) is 32.7 Å². The Morgan fingerprint density at radius 3 is 2.37 bits per heavy atom. The molecule has 0 bridgehead atoms. The maximum Gasteiger partial charge on any atom is 0.175 e. The molecule has 166 valence electrons. The number of ether oxygens (including phenoxy) is 2. The summed E-state index contributed by atoms with van der Waals surface area (Å²) in [6.45, 7) is 12.2. The van der Waals surface area contributed by atoms with Crippen molar-refractivity contribution in [2.45, 2.75) is 40.3 Å². The van der Waals surface area contributed by atoms with E-state index in [1.54, 1.807) is 12.1 Å². The van der Waals surface area contributed by atoms with Gasteiger partial charge in [0.1, 0.15) is 6.61 Å². The summed E-state index contributed by atoms with van der Waals surface area (Å²) in [5, 5.41) is 4.69. The smallest absolute Gasteiger partial charge is 0.175 e. The summed E-state index contributed by atoms with van der Waals surface area (Å²) in [6.07, 6.45) is 1.13. The van der Waals surface area contributed by atoms with E-state index in [9.17, 15) is 0 Å². The van der Waals surface area contributed by atoms with Crippen molar-refractivity contribution in [2.24, 2.45) is 0 Å². The first-order valence-electron chi connectivity index (χ1n) is 10.4. The first-order valence-corrected chi connectivity index (χ1v) is 12.0. The lowest BCUT2D eigenvalue weighted by molar-refractivity contribution is 0.267. The van der Waals surface area contributed by atoms with Gasteiger partial charge in [-0.3, -0.25) is 0 Å². The van der Waals surface area contributed by atoms with Crippen molar-refractivity contribution in [1.29, 1.82) is 0 Å². The lowest BCUT2D eigenvalue weighted by atomic mass is 10.2. The summed E-state index contributed by atoms with van der Waals surface area (Å²) in [4.78, 5) is 2.43. The van der Waals surface area contributed by atoms with Gasteiger partial charge in [-0.15, -0.1) is 0 Å². The van der Waals surface area contributed by atoms with E-state index in [1.165, 1.54) is 0 Å². The van der Waals surface area contributed by atoms with Gasteiger partial charge in [-0.2, -0.15) is 0 Å². The Morgan fingerprint density at radius 1 is 1.03 bits per heavy atom. The van der Waals surface area contributed by atoms with Gasteiger partial charge >= 0.3 is 0 Å². The molecule has 0 fully saturated rings. The van der Waals surface area contributed by atoms with Gasteiger partial charge in [0, 0.05) is 22.2 Å². The fourth-order valence-corrected chi connectivity index (χ4v) is 4.25. The minimum absolute atomic E-state index is 0.264. The second-order valence-corrected chi connectivity index (χ2v) is 8.55. The standard InChI is InChI=1S/C23H31BrCl2N2O2/c1-4-28(5-2)12-8-11-27-15-17-13-19(24)23(22(14-17)29-6-3)30-16-18-20(25)9-7-10-21(18)26/h7,9-10,13-14,27H,4-6,8,11-12,15-16H2,1-3H3. The molecule has 0 heterocycles. The lowest BCUT2D eigenvalue weighted by Crippen LogP contribution is -2.27. The molecule has 2 aromatic carbocycles. The van der Waals surface area contributed by atoms with Crippen molar-refractivity contribution in [1.82, 2.24) is 10.2 Å². The third-order valence-electron chi connectivity index (χ3n) is 4.84. The lowest BCUT2D eigenvalue weighted by Gasteiger charge is -2.18. The summed E-state index contributed by atoms with van der Waals surface area (Å²) in [7, 11) is 0. The average Bonchev–Trinajstić information content (AvgIpc) is 2.72. The zero-order chi connectivity index (χ0) is 21.9.